The van der Waals surface area contributed by atoms with E-state index in [1.54, 1.807) is 0 Å². The topological polar surface area (TPSA) is 75.6 Å². The molecule has 0 aliphatic heterocycles. The second kappa shape index (κ2) is 7.39. The quantitative estimate of drug-likeness (QED) is 0.699. The van der Waals surface area contributed by atoms with Crippen LogP contribution in [0.5, 0.6) is 0 Å². The van der Waals surface area contributed by atoms with Crippen LogP contribution in [0.4, 0.5) is 4.39 Å². The van der Waals surface area contributed by atoms with Gasteiger partial charge in [0.15, 0.2) is 0 Å². The second-order valence-electron chi connectivity index (χ2n) is 3.60. The van der Waals surface area contributed by atoms with E-state index in [0.29, 0.717) is 5.56 Å². The van der Waals surface area contributed by atoms with Gasteiger partial charge in [0.05, 0.1) is 13.0 Å². The Morgan fingerprint density at radius 2 is 1.94 bits per heavy atom. The van der Waals surface area contributed by atoms with Crippen LogP contribution in [0.25, 0.3) is 0 Å². The molecule has 0 aliphatic rings. The lowest BCUT2D eigenvalue weighted by molar-refractivity contribution is -0.142. The first-order valence-electron chi connectivity index (χ1n) is 5.38. The van der Waals surface area contributed by atoms with Crippen molar-refractivity contribution < 1.29 is 23.8 Å². The number of carboxylic acid groups (broad SMARTS) is 1. The van der Waals surface area contributed by atoms with E-state index < -0.39 is 5.97 Å². The monoisotopic (exact) mass is 255 g/mol. The number of aliphatic carboxylic acids is 1. The summed E-state index contributed by atoms with van der Waals surface area (Å²) >= 11 is 0. The summed E-state index contributed by atoms with van der Waals surface area (Å²) in [7, 11) is 0. The second-order valence-corrected chi connectivity index (χ2v) is 3.60. The van der Waals surface area contributed by atoms with Crippen molar-refractivity contribution in [1.29, 1.82) is 0 Å². The number of benzene rings is 1. The average Bonchev–Trinajstić information content (AvgIpc) is 2.31. The zero-order chi connectivity index (χ0) is 13.4. The highest BCUT2D eigenvalue weighted by Crippen LogP contribution is 2.03. The Morgan fingerprint density at radius 3 is 2.56 bits per heavy atom. The van der Waals surface area contributed by atoms with Gasteiger partial charge in [-0.25, -0.2) is 9.18 Å². The van der Waals surface area contributed by atoms with Gasteiger partial charge in [-0.15, -0.1) is 0 Å². The highest BCUT2D eigenvalue weighted by Gasteiger charge is 2.03. The molecule has 0 atom stereocenters. The Hall–Kier alpha value is -1.95. The molecule has 1 rings (SSSR count). The standard InChI is InChI=1S/C12H14FNO4/c13-10-3-1-9(2-4-10)7-11(15)14-5-6-18-8-12(16)17/h1-4H,5-8H2,(H,14,15)(H,16,17). The normalized spacial score (nSPS) is 10.1. The summed E-state index contributed by atoms with van der Waals surface area (Å²) < 4.78 is 17.4. The molecule has 0 unspecified atom stereocenters. The molecule has 0 saturated heterocycles. The van der Waals surface area contributed by atoms with Crippen molar-refractivity contribution in [3.63, 3.8) is 0 Å². The zero-order valence-electron chi connectivity index (χ0n) is 9.69. The van der Waals surface area contributed by atoms with Gasteiger partial charge in [-0.05, 0) is 17.7 Å². The zero-order valence-corrected chi connectivity index (χ0v) is 9.69. The third-order valence-corrected chi connectivity index (χ3v) is 2.07. The minimum Gasteiger partial charge on any atom is -0.480 e. The van der Waals surface area contributed by atoms with Crippen LogP contribution >= 0.6 is 0 Å². The van der Waals surface area contributed by atoms with E-state index in [2.05, 4.69) is 5.32 Å². The third-order valence-electron chi connectivity index (χ3n) is 2.07. The van der Waals surface area contributed by atoms with E-state index in [1.165, 1.54) is 24.3 Å². The van der Waals surface area contributed by atoms with Crippen molar-refractivity contribution in [2.75, 3.05) is 19.8 Å². The van der Waals surface area contributed by atoms with Gasteiger partial charge in [0.2, 0.25) is 5.91 Å². The summed E-state index contributed by atoms with van der Waals surface area (Å²) in [6.45, 7) is 0.00258. The third kappa shape index (κ3) is 5.95. The number of amides is 1. The number of hydrogen-bond donors (Lipinski definition) is 2. The van der Waals surface area contributed by atoms with Crippen LogP contribution < -0.4 is 5.32 Å². The summed E-state index contributed by atoms with van der Waals surface area (Å²) in [6.07, 6.45) is 0.152. The maximum Gasteiger partial charge on any atom is 0.329 e. The SMILES string of the molecule is O=C(O)COCCNC(=O)Cc1ccc(F)cc1. The molecule has 0 bridgehead atoms. The minimum atomic E-state index is -1.05. The fraction of sp³-hybridized carbons (Fsp3) is 0.333. The largest absolute Gasteiger partial charge is 0.480 e. The molecule has 6 heteroatoms. The minimum absolute atomic E-state index is 0.140. The number of carbonyl (C=O) groups excluding carboxylic acids is 1. The number of halogens is 1. The maximum absolute atomic E-state index is 12.6. The first-order chi connectivity index (χ1) is 8.58. The van der Waals surface area contributed by atoms with E-state index in [4.69, 9.17) is 9.84 Å². The van der Waals surface area contributed by atoms with Gasteiger partial charge in [-0.2, -0.15) is 0 Å². The van der Waals surface area contributed by atoms with Crippen LogP contribution in [-0.4, -0.2) is 36.7 Å². The van der Waals surface area contributed by atoms with Crippen molar-refractivity contribution in [1.82, 2.24) is 5.32 Å². The van der Waals surface area contributed by atoms with Crippen LogP contribution in [0.15, 0.2) is 24.3 Å². The molecule has 5 nitrogen and oxygen atoms in total. The van der Waals surface area contributed by atoms with Crippen LogP contribution in [0, 0.1) is 5.82 Å². The van der Waals surface area contributed by atoms with E-state index in [-0.39, 0.29) is 37.9 Å². The Balaban J connectivity index is 2.17. The van der Waals surface area contributed by atoms with Crippen LogP contribution in [-0.2, 0) is 20.7 Å². The molecule has 0 spiro atoms. The summed E-state index contributed by atoms with van der Waals surface area (Å²) in [4.78, 5) is 21.5. The number of rotatable bonds is 7. The molecule has 1 amide bonds. The van der Waals surface area contributed by atoms with Crippen LogP contribution in [0.1, 0.15) is 5.56 Å². The van der Waals surface area contributed by atoms with Gasteiger partial charge in [0.1, 0.15) is 12.4 Å². The predicted octanol–water partition coefficient (Wildman–Crippen LogP) is 0.586. The molecule has 0 heterocycles. The molecule has 0 fully saturated rings. The fourth-order valence-corrected chi connectivity index (χ4v) is 1.27. The van der Waals surface area contributed by atoms with Gasteiger partial charge < -0.3 is 15.2 Å². The van der Waals surface area contributed by atoms with Crippen LogP contribution in [0.2, 0.25) is 0 Å². The molecule has 18 heavy (non-hydrogen) atoms. The molecule has 0 aliphatic carbocycles. The van der Waals surface area contributed by atoms with Crippen molar-refractivity contribution in [2.24, 2.45) is 0 Å². The predicted molar refractivity (Wildman–Crippen MR) is 61.6 cm³/mol. The van der Waals surface area contributed by atoms with Crippen molar-refractivity contribution >= 4 is 11.9 Å². The van der Waals surface area contributed by atoms with Crippen molar-refractivity contribution in [3.05, 3.63) is 35.6 Å². The smallest absolute Gasteiger partial charge is 0.329 e. The van der Waals surface area contributed by atoms with E-state index in [0.717, 1.165) is 0 Å². The number of ether oxygens (including phenoxy) is 1. The van der Waals surface area contributed by atoms with E-state index >= 15 is 0 Å². The number of nitrogens with one attached hydrogen (secondary N) is 1. The lowest BCUT2D eigenvalue weighted by Crippen LogP contribution is -2.29. The molecule has 1 aromatic carbocycles. The molecule has 2 N–H and O–H groups in total. The molecular weight excluding hydrogens is 241 g/mol. The summed E-state index contributed by atoms with van der Waals surface area (Å²) in [6, 6.07) is 5.66. The van der Waals surface area contributed by atoms with Crippen molar-refractivity contribution in [3.8, 4) is 0 Å². The van der Waals surface area contributed by atoms with E-state index in [1.807, 2.05) is 0 Å². The Kier molecular flexibility index (Phi) is 5.79. The summed E-state index contributed by atoms with van der Waals surface area (Å²) in [5, 5.41) is 10.9. The van der Waals surface area contributed by atoms with Gasteiger partial charge in [-0.1, -0.05) is 12.1 Å². The Morgan fingerprint density at radius 1 is 1.28 bits per heavy atom. The molecule has 0 saturated carbocycles. The molecule has 98 valence electrons. The fourth-order valence-electron chi connectivity index (χ4n) is 1.27. The number of carbonyl (C=O) groups is 2. The molecule has 1 aromatic rings. The van der Waals surface area contributed by atoms with Crippen molar-refractivity contribution in [2.45, 2.75) is 6.42 Å². The summed E-state index contributed by atoms with van der Waals surface area (Å²) in [5.74, 6) is -1.62. The Bertz CT molecular complexity index is 405. The maximum atomic E-state index is 12.6. The van der Waals surface area contributed by atoms with Gasteiger partial charge >= 0.3 is 5.97 Å². The first-order valence-corrected chi connectivity index (χ1v) is 5.38. The van der Waals surface area contributed by atoms with E-state index in [9.17, 15) is 14.0 Å². The molecule has 0 radical (unpaired) electrons. The molecular formula is C12H14FNO4. The number of hydrogen-bond acceptors (Lipinski definition) is 3. The van der Waals surface area contributed by atoms with Crippen LogP contribution in [0.3, 0.4) is 0 Å². The lowest BCUT2D eigenvalue weighted by Gasteiger charge is -2.05. The highest BCUT2D eigenvalue weighted by atomic mass is 19.1. The number of carboxylic acids is 1. The van der Waals surface area contributed by atoms with Gasteiger partial charge in [0, 0.05) is 6.54 Å². The first kappa shape index (κ1) is 14.1. The Labute approximate surface area is 104 Å². The summed E-state index contributed by atoms with van der Waals surface area (Å²) in [5.41, 5.74) is 0.709. The molecule has 0 aromatic heterocycles. The lowest BCUT2D eigenvalue weighted by atomic mass is 10.1. The highest BCUT2D eigenvalue weighted by molar-refractivity contribution is 5.78. The average molecular weight is 255 g/mol. The van der Waals surface area contributed by atoms with Gasteiger partial charge in [0.25, 0.3) is 0 Å². The van der Waals surface area contributed by atoms with Gasteiger partial charge in [-0.3, -0.25) is 4.79 Å².